The lowest BCUT2D eigenvalue weighted by Gasteiger charge is -2.05. The fourth-order valence-corrected chi connectivity index (χ4v) is 1.46. The molecule has 4 heteroatoms. The van der Waals surface area contributed by atoms with Crippen molar-refractivity contribution in [2.45, 2.75) is 32.0 Å². The molecule has 1 aliphatic heterocycles. The Morgan fingerprint density at radius 1 is 1.53 bits per heavy atom. The van der Waals surface area contributed by atoms with Crippen LogP contribution in [0.3, 0.4) is 0 Å². The number of pyridine rings is 1. The zero-order valence-electron chi connectivity index (χ0n) is 8.81. The zero-order valence-corrected chi connectivity index (χ0v) is 8.81. The molecule has 1 aromatic rings. The second-order valence-corrected chi connectivity index (χ2v) is 3.86. The molecule has 15 heavy (non-hydrogen) atoms. The van der Waals surface area contributed by atoms with Gasteiger partial charge < -0.3 is 4.74 Å². The topological polar surface area (TPSA) is 61.1 Å². The third-order valence-corrected chi connectivity index (χ3v) is 2.20. The van der Waals surface area contributed by atoms with Crippen LogP contribution in [0, 0.1) is 0 Å². The highest BCUT2D eigenvalue weighted by Gasteiger charge is 2.45. The standard InChI is InChI=1S/C11H14N2O2/c1-7(2)15-11(14)10-9(13-10)8-5-3-4-6-12-8/h3-7,9-10,13H,1-2H3. The molecule has 0 spiro atoms. The first-order chi connectivity index (χ1) is 7.18. The molecule has 4 nitrogen and oxygen atoms in total. The van der Waals surface area contributed by atoms with Gasteiger partial charge in [0.2, 0.25) is 0 Å². The van der Waals surface area contributed by atoms with Gasteiger partial charge in [0.05, 0.1) is 17.8 Å². The number of nitrogens with zero attached hydrogens (tertiary/aromatic N) is 1. The Labute approximate surface area is 88.7 Å². The van der Waals surface area contributed by atoms with Crippen molar-refractivity contribution >= 4 is 5.97 Å². The van der Waals surface area contributed by atoms with Crippen LogP contribution in [0.1, 0.15) is 25.6 Å². The van der Waals surface area contributed by atoms with Crippen molar-refractivity contribution in [3.8, 4) is 0 Å². The Hall–Kier alpha value is -1.42. The summed E-state index contributed by atoms with van der Waals surface area (Å²) in [6.07, 6.45) is 1.66. The van der Waals surface area contributed by atoms with Crippen LogP contribution in [0.25, 0.3) is 0 Å². The van der Waals surface area contributed by atoms with E-state index < -0.39 is 0 Å². The third kappa shape index (κ3) is 2.33. The third-order valence-electron chi connectivity index (χ3n) is 2.20. The molecular weight excluding hydrogens is 192 g/mol. The molecular formula is C11H14N2O2. The number of rotatable bonds is 3. The van der Waals surface area contributed by atoms with Crippen LogP contribution in [-0.2, 0) is 9.53 Å². The molecule has 0 saturated carbocycles. The highest BCUT2D eigenvalue weighted by atomic mass is 16.5. The van der Waals surface area contributed by atoms with Crippen molar-refractivity contribution in [3.05, 3.63) is 30.1 Å². The van der Waals surface area contributed by atoms with Crippen LogP contribution in [-0.4, -0.2) is 23.1 Å². The van der Waals surface area contributed by atoms with Crippen molar-refractivity contribution in [2.24, 2.45) is 0 Å². The van der Waals surface area contributed by atoms with Crippen molar-refractivity contribution in [2.75, 3.05) is 0 Å². The summed E-state index contributed by atoms with van der Waals surface area (Å²) in [6.45, 7) is 3.69. The van der Waals surface area contributed by atoms with Gasteiger partial charge in [-0.2, -0.15) is 0 Å². The highest BCUT2D eigenvalue weighted by Crippen LogP contribution is 2.28. The zero-order chi connectivity index (χ0) is 10.8. The summed E-state index contributed by atoms with van der Waals surface area (Å²) in [6, 6.07) is 5.47. The molecule has 2 heterocycles. The van der Waals surface area contributed by atoms with Gasteiger partial charge in [0.25, 0.3) is 0 Å². The van der Waals surface area contributed by atoms with E-state index in [1.807, 2.05) is 32.0 Å². The highest BCUT2D eigenvalue weighted by molar-refractivity contribution is 5.80. The van der Waals surface area contributed by atoms with E-state index in [2.05, 4.69) is 10.3 Å². The van der Waals surface area contributed by atoms with E-state index in [9.17, 15) is 4.79 Å². The minimum Gasteiger partial charge on any atom is -0.462 e. The van der Waals surface area contributed by atoms with Gasteiger partial charge in [0.1, 0.15) is 6.04 Å². The summed E-state index contributed by atoms with van der Waals surface area (Å²) in [5, 5.41) is 3.05. The van der Waals surface area contributed by atoms with Gasteiger partial charge in [-0.3, -0.25) is 15.1 Å². The number of esters is 1. The first-order valence-corrected chi connectivity index (χ1v) is 5.06. The molecule has 2 rings (SSSR count). The lowest BCUT2D eigenvalue weighted by Crippen LogP contribution is -2.18. The van der Waals surface area contributed by atoms with Crippen molar-refractivity contribution in [1.29, 1.82) is 0 Å². The molecule has 0 bridgehead atoms. The maximum Gasteiger partial charge on any atom is 0.325 e. The van der Waals surface area contributed by atoms with Gasteiger partial charge in [0, 0.05) is 6.20 Å². The average Bonchev–Trinajstić information content (AvgIpc) is 2.97. The van der Waals surface area contributed by atoms with Gasteiger partial charge >= 0.3 is 5.97 Å². The summed E-state index contributed by atoms with van der Waals surface area (Å²) >= 11 is 0. The predicted octanol–water partition coefficient (Wildman–Crippen LogP) is 1.05. The van der Waals surface area contributed by atoms with Crippen LogP contribution < -0.4 is 5.32 Å². The van der Waals surface area contributed by atoms with Crippen LogP contribution in [0.2, 0.25) is 0 Å². The van der Waals surface area contributed by atoms with E-state index in [1.165, 1.54) is 0 Å². The molecule has 80 valence electrons. The number of ether oxygens (including phenoxy) is 1. The van der Waals surface area contributed by atoms with E-state index in [1.54, 1.807) is 6.20 Å². The molecule has 1 N–H and O–H groups in total. The second kappa shape index (κ2) is 3.98. The van der Waals surface area contributed by atoms with Gasteiger partial charge in [-0.1, -0.05) is 6.07 Å². The SMILES string of the molecule is CC(C)OC(=O)C1NC1c1ccccn1. The minimum absolute atomic E-state index is 0.0254. The number of hydrogen-bond donors (Lipinski definition) is 1. The van der Waals surface area contributed by atoms with Crippen LogP contribution in [0.15, 0.2) is 24.4 Å². The first-order valence-electron chi connectivity index (χ1n) is 5.06. The summed E-state index contributed by atoms with van der Waals surface area (Å²) in [5.74, 6) is -0.194. The van der Waals surface area contributed by atoms with Crippen LogP contribution in [0.4, 0.5) is 0 Å². The van der Waals surface area contributed by atoms with E-state index in [0.717, 1.165) is 5.69 Å². The molecule has 1 aromatic heterocycles. The van der Waals surface area contributed by atoms with Crippen LogP contribution in [0.5, 0.6) is 0 Å². The number of nitrogens with one attached hydrogen (secondary N) is 1. The maximum atomic E-state index is 11.5. The molecule has 1 saturated heterocycles. The van der Waals surface area contributed by atoms with Gasteiger partial charge in [-0.25, -0.2) is 0 Å². The average molecular weight is 206 g/mol. The molecule has 0 amide bonds. The molecule has 1 aliphatic rings. The van der Waals surface area contributed by atoms with Crippen molar-refractivity contribution in [3.63, 3.8) is 0 Å². The molecule has 0 aromatic carbocycles. The molecule has 0 aliphatic carbocycles. The van der Waals surface area contributed by atoms with Gasteiger partial charge in [-0.05, 0) is 26.0 Å². The first kappa shape index (κ1) is 10.1. The number of aromatic nitrogens is 1. The summed E-state index contributed by atoms with van der Waals surface area (Å²) in [7, 11) is 0. The van der Waals surface area contributed by atoms with E-state index >= 15 is 0 Å². The Balaban J connectivity index is 1.94. The maximum absolute atomic E-state index is 11.5. The molecule has 0 radical (unpaired) electrons. The Kier molecular flexibility index (Phi) is 2.68. The molecule has 1 fully saturated rings. The Morgan fingerprint density at radius 3 is 2.93 bits per heavy atom. The van der Waals surface area contributed by atoms with E-state index in [-0.39, 0.29) is 24.2 Å². The number of carbonyl (C=O) groups is 1. The summed E-state index contributed by atoms with van der Waals surface area (Å²) in [5.41, 5.74) is 0.892. The second-order valence-electron chi connectivity index (χ2n) is 3.86. The predicted molar refractivity (Wildman–Crippen MR) is 55.1 cm³/mol. The van der Waals surface area contributed by atoms with Gasteiger partial charge in [-0.15, -0.1) is 0 Å². The quantitative estimate of drug-likeness (QED) is 0.593. The lowest BCUT2D eigenvalue weighted by atomic mass is 10.2. The fraction of sp³-hybridized carbons (Fsp3) is 0.455. The summed E-state index contributed by atoms with van der Waals surface area (Å²) in [4.78, 5) is 15.7. The Morgan fingerprint density at radius 2 is 2.33 bits per heavy atom. The van der Waals surface area contributed by atoms with Gasteiger partial charge in [0.15, 0.2) is 0 Å². The lowest BCUT2D eigenvalue weighted by molar-refractivity contribution is -0.146. The Bertz CT molecular complexity index is 351. The van der Waals surface area contributed by atoms with Crippen LogP contribution >= 0.6 is 0 Å². The normalized spacial score (nSPS) is 23.9. The molecule has 2 atom stereocenters. The smallest absolute Gasteiger partial charge is 0.325 e. The largest absolute Gasteiger partial charge is 0.462 e. The minimum atomic E-state index is -0.220. The van der Waals surface area contributed by atoms with E-state index in [0.29, 0.717) is 0 Å². The van der Waals surface area contributed by atoms with Crippen molar-refractivity contribution < 1.29 is 9.53 Å². The van der Waals surface area contributed by atoms with Crippen molar-refractivity contribution in [1.82, 2.24) is 10.3 Å². The fourth-order valence-electron chi connectivity index (χ4n) is 1.46. The monoisotopic (exact) mass is 206 g/mol. The number of carbonyl (C=O) groups excluding carboxylic acids is 1. The molecule has 2 unspecified atom stereocenters. The van der Waals surface area contributed by atoms with E-state index in [4.69, 9.17) is 4.74 Å². The number of hydrogen-bond acceptors (Lipinski definition) is 4. The summed E-state index contributed by atoms with van der Waals surface area (Å²) < 4.78 is 5.10.